The Labute approximate surface area is 161 Å². The number of nitrogens with one attached hydrogen (secondary N) is 1. The molecule has 2 heterocycles. The Kier molecular flexibility index (Phi) is 6.27. The Bertz CT molecular complexity index is 770. The van der Waals surface area contributed by atoms with Crippen LogP contribution >= 0.6 is 0 Å². The molecule has 1 aliphatic rings. The summed E-state index contributed by atoms with van der Waals surface area (Å²) in [6, 6.07) is 9.97. The monoisotopic (exact) mass is 368 g/mol. The van der Waals surface area contributed by atoms with Gasteiger partial charge in [0.2, 0.25) is 11.8 Å². The van der Waals surface area contributed by atoms with Crippen molar-refractivity contribution in [3.05, 3.63) is 47.7 Å². The Balaban J connectivity index is 1.60. The van der Waals surface area contributed by atoms with Crippen molar-refractivity contribution in [2.45, 2.75) is 39.2 Å². The highest BCUT2D eigenvalue weighted by atomic mass is 16.5. The van der Waals surface area contributed by atoms with E-state index in [1.165, 1.54) is 0 Å². The molecule has 0 unspecified atom stereocenters. The van der Waals surface area contributed by atoms with Gasteiger partial charge in [-0.25, -0.2) is 4.98 Å². The van der Waals surface area contributed by atoms with Gasteiger partial charge < -0.3 is 15.0 Å². The number of hydrogen-bond donors (Lipinski definition) is 1. The maximum Gasteiger partial charge on any atom is 0.254 e. The molecular weight excluding hydrogens is 340 g/mol. The lowest BCUT2D eigenvalue weighted by molar-refractivity contribution is 0.0717. The summed E-state index contributed by atoms with van der Waals surface area (Å²) in [6.45, 7) is 5.82. The van der Waals surface area contributed by atoms with Gasteiger partial charge in [0.15, 0.2) is 0 Å². The van der Waals surface area contributed by atoms with Crippen molar-refractivity contribution in [3.8, 4) is 5.88 Å². The fraction of sp³-hybridized carbons (Fsp3) is 0.476. The van der Waals surface area contributed by atoms with Crippen LogP contribution in [0.25, 0.3) is 0 Å². The van der Waals surface area contributed by atoms with Crippen LogP contribution in [-0.4, -0.2) is 47.0 Å². The molecule has 1 fully saturated rings. The number of methoxy groups -OCH3 is 1. The number of anilines is 1. The standard InChI is InChI=1S/C21H28N4O2/c1-15(2)14-16-6-4-5-7-18(16)20(26)25-12-9-17(10-13-25)23-21-22-11-8-19(24-21)27-3/h4-8,11,15,17H,9-10,12-14H2,1-3H3,(H,22,23,24). The molecule has 2 aromatic rings. The predicted octanol–water partition coefficient (Wildman–Crippen LogP) is 3.40. The van der Waals surface area contributed by atoms with Gasteiger partial charge in [0, 0.05) is 37.0 Å². The average molecular weight is 368 g/mol. The second kappa shape index (κ2) is 8.84. The number of hydrogen-bond acceptors (Lipinski definition) is 5. The van der Waals surface area contributed by atoms with Crippen LogP contribution < -0.4 is 10.1 Å². The molecule has 3 rings (SSSR count). The number of carbonyl (C=O) groups is 1. The lowest BCUT2D eigenvalue weighted by Gasteiger charge is -2.33. The SMILES string of the molecule is COc1ccnc(NC2CCN(C(=O)c3ccccc3CC(C)C)CC2)n1. The molecule has 144 valence electrons. The molecule has 27 heavy (non-hydrogen) atoms. The third-order valence-electron chi connectivity index (χ3n) is 4.83. The van der Waals surface area contributed by atoms with E-state index in [0.29, 0.717) is 17.7 Å². The molecule has 1 aliphatic heterocycles. The van der Waals surface area contributed by atoms with E-state index in [-0.39, 0.29) is 11.9 Å². The zero-order valence-electron chi connectivity index (χ0n) is 16.3. The van der Waals surface area contributed by atoms with Crippen molar-refractivity contribution in [1.82, 2.24) is 14.9 Å². The minimum atomic E-state index is 0.141. The Morgan fingerprint density at radius 3 is 2.70 bits per heavy atom. The first kappa shape index (κ1) is 19.1. The normalized spacial score (nSPS) is 15.0. The number of nitrogens with zero attached hydrogens (tertiary/aromatic N) is 3. The first-order valence-electron chi connectivity index (χ1n) is 9.57. The lowest BCUT2D eigenvalue weighted by Crippen LogP contribution is -2.42. The van der Waals surface area contributed by atoms with Crippen molar-refractivity contribution < 1.29 is 9.53 Å². The highest BCUT2D eigenvalue weighted by molar-refractivity contribution is 5.95. The zero-order valence-corrected chi connectivity index (χ0v) is 16.3. The van der Waals surface area contributed by atoms with Crippen LogP contribution in [0.5, 0.6) is 5.88 Å². The topological polar surface area (TPSA) is 67.3 Å². The first-order valence-corrected chi connectivity index (χ1v) is 9.57. The van der Waals surface area contributed by atoms with Crippen molar-refractivity contribution in [2.75, 3.05) is 25.5 Å². The molecule has 0 atom stereocenters. The van der Waals surface area contributed by atoms with Crippen LogP contribution in [0, 0.1) is 5.92 Å². The second-order valence-corrected chi connectivity index (χ2v) is 7.39. The van der Waals surface area contributed by atoms with E-state index in [4.69, 9.17) is 4.74 Å². The van der Waals surface area contributed by atoms with Crippen LogP contribution in [0.3, 0.4) is 0 Å². The van der Waals surface area contributed by atoms with E-state index in [1.54, 1.807) is 19.4 Å². The highest BCUT2D eigenvalue weighted by Crippen LogP contribution is 2.20. The summed E-state index contributed by atoms with van der Waals surface area (Å²) in [5.74, 6) is 1.78. The fourth-order valence-corrected chi connectivity index (χ4v) is 3.45. The van der Waals surface area contributed by atoms with Crippen LogP contribution in [0.15, 0.2) is 36.5 Å². The summed E-state index contributed by atoms with van der Waals surface area (Å²) < 4.78 is 5.14. The van der Waals surface area contributed by atoms with Gasteiger partial charge in [0.05, 0.1) is 7.11 Å². The number of rotatable bonds is 6. The quantitative estimate of drug-likeness (QED) is 0.846. The third-order valence-corrected chi connectivity index (χ3v) is 4.83. The maximum absolute atomic E-state index is 13.0. The lowest BCUT2D eigenvalue weighted by atomic mass is 9.96. The zero-order chi connectivity index (χ0) is 19.2. The van der Waals surface area contributed by atoms with Gasteiger partial charge in [0.1, 0.15) is 0 Å². The molecule has 1 saturated heterocycles. The van der Waals surface area contributed by atoms with E-state index in [1.807, 2.05) is 23.1 Å². The van der Waals surface area contributed by atoms with Crippen LogP contribution in [0.1, 0.15) is 42.6 Å². The molecule has 6 nitrogen and oxygen atoms in total. The molecule has 0 saturated carbocycles. The molecule has 1 N–H and O–H groups in total. The Morgan fingerprint density at radius 2 is 2.00 bits per heavy atom. The van der Waals surface area contributed by atoms with Gasteiger partial charge in [-0.2, -0.15) is 4.98 Å². The summed E-state index contributed by atoms with van der Waals surface area (Å²) in [4.78, 5) is 23.5. The van der Waals surface area contributed by atoms with Gasteiger partial charge in [-0.15, -0.1) is 0 Å². The molecule has 0 aliphatic carbocycles. The smallest absolute Gasteiger partial charge is 0.254 e. The van der Waals surface area contributed by atoms with Crippen molar-refractivity contribution >= 4 is 11.9 Å². The van der Waals surface area contributed by atoms with Gasteiger partial charge in [-0.1, -0.05) is 32.0 Å². The minimum Gasteiger partial charge on any atom is -0.481 e. The number of piperidine rings is 1. The van der Waals surface area contributed by atoms with Crippen LogP contribution in [0.4, 0.5) is 5.95 Å². The van der Waals surface area contributed by atoms with E-state index >= 15 is 0 Å². The fourth-order valence-electron chi connectivity index (χ4n) is 3.45. The summed E-state index contributed by atoms with van der Waals surface area (Å²) in [7, 11) is 1.59. The number of carbonyl (C=O) groups excluding carboxylic acids is 1. The van der Waals surface area contributed by atoms with Crippen molar-refractivity contribution in [1.29, 1.82) is 0 Å². The number of amides is 1. The minimum absolute atomic E-state index is 0.141. The Hall–Kier alpha value is -2.63. The van der Waals surface area contributed by atoms with Crippen LogP contribution in [0.2, 0.25) is 0 Å². The summed E-state index contributed by atoms with van der Waals surface area (Å²) in [5, 5.41) is 3.35. The Morgan fingerprint density at radius 1 is 1.26 bits per heavy atom. The molecule has 0 spiro atoms. The molecular formula is C21H28N4O2. The number of aromatic nitrogens is 2. The summed E-state index contributed by atoms with van der Waals surface area (Å²) >= 11 is 0. The summed E-state index contributed by atoms with van der Waals surface area (Å²) in [5.41, 5.74) is 1.98. The highest BCUT2D eigenvalue weighted by Gasteiger charge is 2.25. The molecule has 1 aromatic heterocycles. The van der Waals surface area contributed by atoms with Gasteiger partial charge >= 0.3 is 0 Å². The second-order valence-electron chi connectivity index (χ2n) is 7.39. The third kappa shape index (κ3) is 4.96. The number of ether oxygens (including phenoxy) is 1. The van der Waals surface area contributed by atoms with Gasteiger partial charge in [0.25, 0.3) is 5.91 Å². The van der Waals surface area contributed by atoms with Gasteiger partial charge in [-0.3, -0.25) is 4.79 Å². The van der Waals surface area contributed by atoms with Crippen molar-refractivity contribution in [3.63, 3.8) is 0 Å². The molecule has 1 amide bonds. The van der Waals surface area contributed by atoms with E-state index in [0.717, 1.165) is 43.5 Å². The van der Waals surface area contributed by atoms with E-state index in [2.05, 4.69) is 35.2 Å². The molecule has 1 aromatic carbocycles. The summed E-state index contributed by atoms with van der Waals surface area (Å²) in [6.07, 6.45) is 4.35. The molecule has 0 radical (unpaired) electrons. The van der Waals surface area contributed by atoms with E-state index < -0.39 is 0 Å². The predicted molar refractivity (Wildman–Crippen MR) is 106 cm³/mol. The van der Waals surface area contributed by atoms with Crippen LogP contribution in [-0.2, 0) is 6.42 Å². The van der Waals surface area contributed by atoms with Crippen molar-refractivity contribution in [2.24, 2.45) is 5.92 Å². The maximum atomic E-state index is 13.0. The largest absolute Gasteiger partial charge is 0.481 e. The number of benzene rings is 1. The number of likely N-dealkylation sites (tertiary alicyclic amines) is 1. The van der Waals surface area contributed by atoms with Gasteiger partial charge in [-0.05, 0) is 36.8 Å². The molecule has 0 bridgehead atoms. The average Bonchev–Trinajstić information content (AvgIpc) is 2.68. The molecule has 6 heteroatoms. The first-order chi connectivity index (χ1) is 13.1. The van der Waals surface area contributed by atoms with E-state index in [9.17, 15) is 4.79 Å².